The van der Waals surface area contributed by atoms with Crippen molar-refractivity contribution in [2.75, 3.05) is 0 Å². The Labute approximate surface area is 281 Å². The molecule has 2 N–H and O–H groups in total. The molecule has 0 amide bonds. The Balaban J connectivity index is 1.16. The molecule has 3 aliphatic rings. The van der Waals surface area contributed by atoms with Crippen LogP contribution in [0.15, 0.2) is 164 Å². The van der Waals surface area contributed by atoms with Gasteiger partial charge in [0.2, 0.25) is 0 Å². The number of hydrogen-bond donors (Lipinski definition) is 1. The van der Waals surface area contributed by atoms with Gasteiger partial charge in [0.25, 0.3) is 0 Å². The molecule has 0 fully saturated rings. The minimum Gasteiger partial charge on any atom is -0.404 e. The highest BCUT2D eigenvalue weighted by Gasteiger charge is 2.35. The first kappa shape index (κ1) is 28.5. The van der Waals surface area contributed by atoms with E-state index < -0.39 is 0 Å². The van der Waals surface area contributed by atoms with Crippen LogP contribution in [0.4, 0.5) is 0 Å². The smallest absolute Gasteiger partial charge is 0.0705 e. The maximum atomic E-state index is 6.22. The van der Waals surface area contributed by atoms with Crippen molar-refractivity contribution in [2.45, 2.75) is 19.8 Å². The van der Waals surface area contributed by atoms with Gasteiger partial charge in [-0.15, -0.1) is 0 Å². The second kappa shape index (κ2) is 11.2. The quantitative estimate of drug-likeness (QED) is 0.200. The molecule has 3 aliphatic carbocycles. The average Bonchev–Trinajstić information content (AvgIpc) is 3.48. The molecule has 0 aliphatic heterocycles. The second-order valence-corrected chi connectivity index (χ2v) is 13.4. The fourth-order valence-electron chi connectivity index (χ4n) is 8.27. The van der Waals surface area contributed by atoms with Crippen molar-refractivity contribution in [3.8, 4) is 11.1 Å². The van der Waals surface area contributed by atoms with Gasteiger partial charge in [0.05, 0.1) is 11.2 Å². The van der Waals surface area contributed by atoms with Gasteiger partial charge in [0, 0.05) is 28.7 Å². The first-order valence-corrected chi connectivity index (χ1v) is 16.9. The molecule has 2 nitrogen and oxygen atoms in total. The van der Waals surface area contributed by atoms with E-state index in [9.17, 15) is 0 Å². The second-order valence-electron chi connectivity index (χ2n) is 13.4. The number of nitrogens with two attached hydrogens (primary N) is 1. The summed E-state index contributed by atoms with van der Waals surface area (Å²) in [6, 6.07) is 37.7. The van der Waals surface area contributed by atoms with Crippen LogP contribution in [-0.2, 0) is 12.8 Å². The molecule has 0 saturated heterocycles. The molecular weight excluding hydrogens is 581 g/mol. The number of fused-ring (bicyclic) bond motifs is 5. The van der Waals surface area contributed by atoms with Gasteiger partial charge in [-0.1, -0.05) is 147 Å². The average molecular weight is 617 g/mol. The van der Waals surface area contributed by atoms with Crippen molar-refractivity contribution >= 4 is 43.6 Å². The summed E-state index contributed by atoms with van der Waals surface area (Å²) in [7, 11) is 0. The highest BCUT2D eigenvalue weighted by atomic mass is 14.7. The summed E-state index contributed by atoms with van der Waals surface area (Å²) in [5.74, 6) is 0.377. The summed E-state index contributed by atoms with van der Waals surface area (Å²) in [5.41, 5.74) is 18.3. The lowest BCUT2D eigenvalue weighted by Gasteiger charge is -2.38. The maximum Gasteiger partial charge on any atom is 0.0705 e. The standard InChI is InChI=1S/C46H36N2/c1-46-26-9-8-12-34(46)13-10-18-42(46)30-20-22-31(23-21-30)45-39-16-5-3-14-36(39)38(37-15-4-6-17-40(37)45)25-24-35-33(29-47)28-44-41(35)27-32-11-2-7-19-43(32)48-44/h2-24,26-27,29,34H,25,28,47H2,1H3/b33-29-,35-24+/t34?,46-/m0/s1. The van der Waals surface area contributed by atoms with E-state index in [1.807, 2.05) is 0 Å². The van der Waals surface area contributed by atoms with E-state index >= 15 is 0 Å². The number of benzene rings is 5. The Hall–Kier alpha value is -5.73. The number of nitrogens with zero attached hydrogens (tertiary/aromatic N) is 1. The molecule has 2 heteroatoms. The zero-order valence-electron chi connectivity index (χ0n) is 27.0. The van der Waals surface area contributed by atoms with E-state index in [0.29, 0.717) is 5.92 Å². The first-order chi connectivity index (χ1) is 23.6. The molecule has 230 valence electrons. The Morgan fingerprint density at radius 3 is 2.19 bits per heavy atom. The number of aromatic nitrogens is 1. The molecule has 48 heavy (non-hydrogen) atoms. The summed E-state index contributed by atoms with van der Waals surface area (Å²) >= 11 is 0. The highest BCUT2D eigenvalue weighted by Crippen LogP contribution is 2.48. The van der Waals surface area contributed by atoms with Crippen LogP contribution < -0.4 is 5.73 Å². The third-order valence-electron chi connectivity index (χ3n) is 10.8. The zero-order chi connectivity index (χ0) is 32.2. The van der Waals surface area contributed by atoms with Gasteiger partial charge < -0.3 is 5.73 Å². The molecule has 5 aromatic carbocycles. The summed E-state index contributed by atoms with van der Waals surface area (Å²) in [5, 5.41) is 6.28. The van der Waals surface area contributed by atoms with Gasteiger partial charge in [-0.25, -0.2) is 0 Å². The van der Waals surface area contributed by atoms with E-state index in [4.69, 9.17) is 10.7 Å². The number of hydrogen-bond acceptors (Lipinski definition) is 2. The molecule has 2 atom stereocenters. The molecule has 0 spiro atoms. The molecule has 0 saturated carbocycles. The van der Waals surface area contributed by atoms with Crippen molar-refractivity contribution in [1.29, 1.82) is 0 Å². The van der Waals surface area contributed by atoms with E-state index in [1.165, 1.54) is 60.5 Å². The van der Waals surface area contributed by atoms with E-state index in [-0.39, 0.29) is 5.41 Å². The van der Waals surface area contributed by atoms with Gasteiger partial charge in [-0.05, 0) is 85.3 Å². The van der Waals surface area contributed by atoms with E-state index in [2.05, 4.69) is 159 Å². The van der Waals surface area contributed by atoms with E-state index in [0.717, 1.165) is 35.0 Å². The lowest BCUT2D eigenvalue weighted by molar-refractivity contribution is 0.471. The monoisotopic (exact) mass is 616 g/mol. The Morgan fingerprint density at radius 2 is 1.44 bits per heavy atom. The lowest BCUT2D eigenvalue weighted by atomic mass is 9.65. The summed E-state index contributed by atoms with van der Waals surface area (Å²) in [6.45, 7) is 2.35. The Morgan fingerprint density at radius 1 is 0.771 bits per heavy atom. The minimum atomic E-state index is -0.0392. The predicted molar refractivity (Wildman–Crippen MR) is 203 cm³/mol. The highest BCUT2D eigenvalue weighted by molar-refractivity contribution is 6.15. The number of pyridine rings is 1. The summed E-state index contributed by atoms with van der Waals surface area (Å²) in [6.07, 6.45) is 21.5. The first-order valence-electron chi connectivity index (χ1n) is 16.9. The van der Waals surface area contributed by atoms with Crippen molar-refractivity contribution in [3.05, 3.63) is 186 Å². The van der Waals surface area contributed by atoms with Gasteiger partial charge in [0.1, 0.15) is 0 Å². The van der Waals surface area contributed by atoms with Crippen LogP contribution in [0.1, 0.15) is 29.3 Å². The van der Waals surface area contributed by atoms with Crippen LogP contribution in [0.25, 0.3) is 54.7 Å². The third kappa shape index (κ3) is 4.44. The van der Waals surface area contributed by atoms with Crippen molar-refractivity contribution in [1.82, 2.24) is 4.98 Å². The van der Waals surface area contributed by atoms with Gasteiger partial charge >= 0.3 is 0 Å². The number of para-hydroxylation sites is 1. The van der Waals surface area contributed by atoms with Gasteiger partial charge in [-0.3, -0.25) is 4.98 Å². The normalized spacial score (nSPS) is 21.4. The fraction of sp³-hybridized carbons (Fsp3) is 0.109. The molecule has 9 rings (SSSR count). The zero-order valence-corrected chi connectivity index (χ0v) is 27.0. The molecule has 1 heterocycles. The molecule has 1 aromatic heterocycles. The third-order valence-corrected chi connectivity index (χ3v) is 10.8. The minimum absolute atomic E-state index is 0.0392. The van der Waals surface area contributed by atoms with Crippen molar-refractivity contribution < 1.29 is 0 Å². The number of allylic oxidation sites excluding steroid dienone is 11. The predicted octanol–water partition coefficient (Wildman–Crippen LogP) is 10.9. The summed E-state index contributed by atoms with van der Waals surface area (Å²) < 4.78 is 0. The van der Waals surface area contributed by atoms with Crippen LogP contribution >= 0.6 is 0 Å². The molecule has 6 aromatic rings. The summed E-state index contributed by atoms with van der Waals surface area (Å²) in [4.78, 5) is 5.01. The van der Waals surface area contributed by atoms with Crippen LogP contribution in [0.3, 0.4) is 0 Å². The van der Waals surface area contributed by atoms with Crippen LogP contribution in [0, 0.1) is 11.3 Å². The van der Waals surface area contributed by atoms with E-state index in [1.54, 1.807) is 6.20 Å². The molecular formula is C46H36N2. The largest absolute Gasteiger partial charge is 0.404 e. The van der Waals surface area contributed by atoms with Crippen LogP contribution in [-0.4, -0.2) is 4.98 Å². The fourth-order valence-corrected chi connectivity index (χ4v) is 8.27. The van der Waals surface area contributed by atoms with Gasteiger partial charge in [0.15, 0.2) is 0 Å². The molecule has 0 bridgehead atoms. The Bertz CT molecular complexity index is 2410. The molecule has 1 unspecified atom stereocenters. The van der Waals surface area contributed by atoms with Crippen LogP contribution in [0.5, 0.6) is 0 Å². The van der Waals surface area contributed by atoms with Crippen molar-refractivity contribution in [2.24, 2.45) is 17.1 Å². The van der Waals surface area contributed by atoms with Crippen molar-refractivity contribution in [3.63, 3.8) is 0 Å². The molecule has 0 radical (unpaired) electrons. The maximum absolute atomic E-state index is 6.22. The topological polar surface area (TPSA) is 38.9 Å². The lowest BCUT2D eigenvalue weighted by Crippen LogP contribution is -2.27. The Kier molecular flexibility index (Phi) is 6.65. The van der Waals surface area contributed by atoms with Crippen LogP contribution in [0.2, 0.25) is 0 Å². The number of rotatable bonds is 4. The van der Waals surface area contributed by atoms with Gasteiger partial charge in [-0.2, -0.15) is 0 Å². The SMILES string of the molecule is C[C@]12C=CC=CC1C=CC=C2c1ccc(-c2c3ccccc3c(C/C=C3\C(=C/N)Cc4nc5ccccc5cc43)c3ccccc23)cc1.